The number of benzene rings is 2. The average Bonchev–Trinajstić information content (AvgIpc) is 3.45. The number of aryl methyl sites for hydroxylation is 1. The van der Waals surface area contributed by atoms with Crippen LogP contribution in [0.4, 0.5) is 10.1 Å². The average molecular weight is 476 g/mol. The molecule has 0 unspecified atom stereocenters. The van der Waals surface area contributed by atoms with Crippen molar-refractivity contribution in [1.82, 2.24) is 10.1 Å². The molecule has 0 aliphatic heterocycles. The number of hydrogen-bond donors (Lipinski definition) is 0. The highest BCUT2D eigenvalue weighted by Crippen LogP contribution is 2.35. The molecule has 0 aliphatic carbocycles. The van der Waals surface area contributed by atoms with Crippen LogP contribution in [0.5, 0.6) is 0 Å². The zero-order chi connectivity index (χ0) is 22.2. The molecule has 0 saturated heterocycles. The fourth-order valence-electron chi connectivity index (χ4n) is 2.89. The molecular formula is C21H18FN3O3S3. The molecule has 6 nitrogen and oxygen atoms in total. The summed E-state index contributed by atoms with van der Waals surface area (Å²) in [5, 5.41) is 5.64. The lowest BCUT2D eigenvalue weighted by Gasteiger charge is -2.19. The molecule has 0 fully saturated rings. The van der Waals surface area contributed by atoms with E-state index in [-0.39, 0.29) is 16.5 Å². The van der Waals surface area contributed by atoms with Crippen molar-refractivity contribution in [3.8, 4) is 22.2 Å². The van der Waals surface area contributed by atoms with E-state index in [2.05, 4.69) is 10.1 Å². The van der Waals surface area contributed by atoms with Gasteiger partial charge in [-0.05, 0) is 66.6 Å². The number of sulfonamides is 1. The summed E-state index contributed by atoms with van der Waals surface area (Å²) in [5.74, 6) is 0.00786. The van der Waals surface area contributed by atoms with Gasteiger partial charge in [0.05, 0.1) is 5.69 Å². The number of thioether (sulfide) groups is 1. The van der Waals surface area contributed by atoms with E-state index >= 15 is 0 Å². The maximum atomic E-state index is 14.0. The second-order valence-electron chi connectivity index (χ2n) is 6.67. The third-order valence-electron chi connectivity index (χ3n) is 4.76. The van der Waals surface area contributed by atoms with Crippen LogP contribution in [0.1, 0.15) is 5.56 Å². The Morgan fingerprint density at radius 2 is 1.87 bits per heavy atom. The fraction of sp³-hybridized carbons (Fsp3) is 0.143. The van der Waals surface area contributed by atoms with E-state index in [9.17, 15) is 12.8 Å². The van der Waals surface area contributed by atoms with Gasteiger partial charge in [-0.25, -0.2) is 12.8 Å². The van der Waals surface area contributed by atoms with E-state index in [4.69, 9.17) is 4.52 Å². The number of nitrogens with zero attached hydrogens (tertiary/aromatic N) is 3. The summed E-state index contributed by atoms with van der Waals surface area (Å²) < 4.78 is 46.9. The molecule has 0 aliphatic rings. The summed E-state index contributed by atoms with van der Waals surface area (Å²) >= 11 is 2.81. The van der Waals surface area contributed by atoms with Gasteiger partial charge in [-0.15, -0.1) is 23.1 Å². The lowest BCUT2D eigenvalue weighted by atomic mass is 10.2. The van der Waals surface area contributed by atoms with Crippen molar-refractivity contribution in [2.24, 2.45) is 0 Å². The molecule has 0 radical (unpaired) electrons. The summed E-state index contributed by atoms with van der Waals surface area (Å²) in [6.45, 7) is 1.62. The van der Waals surface area contributed by atoms with Crippen LogP contribution in [0, 0.1) is 12.7 Å². The molecule has 0 N–H and O–H groups in total. The molecule has 0 atom stereocenters. The number of halogens is 1. The van der Waals surface area contributed by atoms with Gasteiger partial charge in [-0.3, -0.25) is 4.31 Å². The number of rotatable bonds is 6. The number of anilines is 1. The van der Waals surface area contributed by atoms with E-state index in [1.165, 1.54) is 36.6 Å². The number of thiophene rings is 1. The highest BCUT2D eigenvalue weighted by molar-refractivity contribution is 7.98. The predicted molar refractivity (Wildman–Crippen MR) is 122 cm³/mol. The van der Waals surface area contributed by atoms with Gasteiger partial charge in [-0.1, -0.05) is 11.2 Å². The number of aromatic nitrogens is 2. The molecule has 0 amide bonds. The van der Waals surface area contributed by atoms with Gasteiger partial charge < -0.3 is 4.52 Å². The van der Waals surface area contributed by atoms with Gasteiger partial charge in [0, 0.05) is 17.5 Å². The Morgan fingerprint density at radius 1 is 1.13 bits per heavy atom. The Labute approximate surface area is 187 Å². The predicted octanol–water partition coefficient (Wildman–Crippen LogP) is 5.46. The Bertz CT molecular complexity index is 1330. The Hall–Kier alpha value is -2.69. The zero-order valence-corrected chi connectivity index (χ0v) is 19.3. The Balaban J connectivity index is 1.68. The van der Waals surface area contributed by atoms with Crippen LogP contribution in [-0.2, 0) is 10.0 Å². The molecule has 0 spiro atoms. The normalized spacial score (nSPS) is 11.6. The minimum absolute atomic E-state index is 0.0221. The molecule has 0 bridgehead atoms. The molecule has 0 saturated carbocycles. The highest BCUT2D eigenvalue weighted by Gasteiger charge is 2.29. The first kappa shape index (κ1) is 21.5. The molecule has 2 aromatic heterocycles. The summed E-state index contributed by atoms with van der Waals surface area (Å²) in [7, 11) is -2.59. The fourth-order valence-corrected chi connectivity index (χ4v) is 5.80. The van der Waals surface area contributed by atoms with Crippen molar-refractivity contribution in [3.63, 3.8) is 0 Å². The summed E-state index contributed by atoms with van der Waals surface area (Å²) in [4.78, 5) is 5.85. The summed E-state index contributed by atoms with van der Waals surface area (Å²) in [6, 6.07) is 13.4. The van der Waals surface area contributed by atoms with Crippen molar-refractivity contribution in [1.29, 1.82) is 0 Å². The molecule has 4 aromatic rings. The lowest BCUT2D eigenvalue weighted by Crippen LogP contribution is -2.26. The van der Waals surface area contributed by atoms with Gasteiger partial charge in [0.1, 0.15) is 15.6 Å². The first-order chi connectivity index (χ1) is 14.8. The molecule has 2 aromatic carbocycles. The second-order valence-corrected chi connectivity index (χ2v) is 10.4. The van der Waals surface area contributed by atoms with Gasteiger partial charge in [0.15, 0.2) is 0 Å². The van der Waals surface area contributed by atoms with E-state index in [0.29, 0.717) is 16.3 Å². The van der Waals surface area contributed by atoms with Crippen molar-refractivity contribution in [2.75, 3.05) is 17.6 Å². The highest BCUT2D eigenvalue weighted by atomic mass is 32.2. The Kier molecular flexibility index (Phi) is 5.87. The molecule has 31 heavy (non-hydrogen) atoms. The minimum Gasteiger partial charge on any atom is -0.333 e. The number of hydrogen-bond acceptors (Lipinski definition) is 7. The van der Waals surface area contributed by atoms with Crippen LogP contribution in [0.15, 0.2) is 68.2 Å². The van der Waals surface area contributed by atoms with Crippen molar-refractivity contribution in [2.45, 2.75) is 16.7 Å². The van der Waals surface area contributed by atoms with Crippen LogP contribution in [0.2, 0.25) is 0 Å². The quantitative estimate of drug-likeness (QED) is 0.345. The maximum Gasteiger partial charge on any atom is 0.269 e. The van der Waals surface area contributed by atoms with Gasteiger partial charge in [-0.2, -0.15) is 4.98 Å². The third-order valence-corrected chi connectivity index (χ3v) is 8.36. The van der Waals surface area contributed by atoms with Crippen molar-refractivity contribution in [3.05, 3.63) is 65.3 Å². The van der Waals surface area contributed by atoms with Gasteiger partial charge in [0.25, 0.3) is 15.9 Å². The minimum atomic E-state index is -3.97. The summed E-state index contributed by atoms with van der Waals surface area (Å²) in [6.07, 6.45) is 1.99. The monoisotopic (exact) mass is 475 g/mol. The molecule has 4 rings (SSSR count). The van der Waals surface area contributed by atoms with Crippen LogP contribution in [-0.4, -0.2) is 31.9 Å². The zero-order valence-electron chi connectivity index (χ0n) is 16.9. The van der Waals surface area contributed by atoms with Crippen molar-refractivity contribution >= 4 is 38.8 Å². The largest absolute Gasteiger partial charge is 0.333 e. The van der Waals surface area contributed by atoms with Crippen LogP contribution in [0.3, 0.4) is 0 Å². The van der Waals surface area contributed by atoms with Crippen LogP contribution in [0.25, 0.3) is 22.2 Å². The first-order valence-corrected chi connectivity index (χ1v) is 12.7. The molecule has 160 valence electrons. The third kappa shape index (κ3) is 4.10. The SMILES string of the molecule is CSc1ccc(-c2noc(-c3sccc3S(=O)(=O)N(C)c3ccc(C)c(F)c3)n2)cc1. The summed E-state index contributed by atoms with van der Waals surface area (Å²) in [5.41, 5.74) is 1.43. The van der Waals surface area contributed by atoms with Crippen LogP contribution >= 0.6 is 23.1 Å². The Morgan fingerprint density at radius 3 is 2.55 bits per heavy atom. The standard InChI is InChI=1S/C21H18FN3O3S3/c1-13-4-7-15(12-17(13)22)25(2)31(26,27)18-10-11-30-19(18)21-23-20(24-28-21)14-5-8-16(29-3)9-6-14/h4-12H,1-3H3. The van der Waals surface area contributed by atoms with E-state index in [1.807, 2.05) is 30.5 Å². The molecular weight excluding hydrogens is 457 g/mol. The second kappa shape index (κ2) is 8.45. The van der Waals surface area contributed by atoms with E-state index in [0.717, 1.165) is 14.8 Å². The molecule has 10 heteroatoms. The molecule has 2 heterocycles. The maximum absolute atomic E-state index is 14.0. The van der Waals surface area contributed by atoms with E-state index < -0.39 is 15.8 Å². The smallest absolute Gasteiger partial charge is 0.269 e. The van der Waals surface area contributed by atoms with Crippen LogP contribution < -0.4 is 4.31 Å². The van der Waals surface area contributed by atoms with Crippen molar-refractivity contribution < 1.29 is 17.3 Å². The van der Waals surface area contributed by atoms with E-state index in [1.54, 1.807) is 30.1 Å². The topological polar surface area (TPSA) is 76.3 Å². The first-order valence-electron chi connectivity index (χ1n) is 9.12. The van der Waals surface area contributed by atoms with Gasteiger partial charge in [0.2, 0.25) is 5.82 Å². The lowest BCUT2D eigenvalue weighted by molar-refractivity contribution is 0.432. The van der Waals surface area contributed by atoms with Gasteiger partial charge >= 0.3 is 0 Å².